The van der Waals surface area contributed by atoms with E-state index in [0.717, 1.165) is 11.1 Å². The summed E-state index contributed by atoms with van der Waals surface area (Å²) in [5.41, 5.74) is 6.76. The first-order valence-electron chi connectivity index (χ1n) is 10.5. The molecule has 0 aliphatic heterocycles. The van der Waals surface area contributed by atoms with Gasteiger partial charge in [0.05, 0.1) is 0 Å². The summed E-state index contributed by atoms with van der Waals surface area (Å²) in [4.78, 5) is 12.2. The van der Waals surface area contributed by atoms with Crippen molar-refractivity contribution in [3.63, 3.8) is 0 Å². The van der Waals surface area contributed by atoms with E-state index in [9.17, 15) is 4.79 Å². The molecule has 0 unspecified atom stereocenters. The van der Waals surface area contributed by atoms with Gasteiger partial charge in [-0.15, -0.1) is 0 Å². The second-order valence-electron chi connectivity index (χ2n) is 7.43. The van der Waals surface area contributed by atoms with Gasteiger partial charge in [-0.2, -0.15) is 0 Å². The Hall–Kier alpha value is -3.55. The maximum absolute atomic E-state index is 12.2. The lowest BCUT2D eigenvalue weighted by Crippen LogP contribution is -2.26. The molecule has 1 amide bonds. The molecule has 0 saturated carbocycles. The van der Waals surface area contributed by atoms with Crippen molar-refractivity contribution in [1.29, 1.82) is 0 Å². The van der Waals surface area contributed by atoms with E-state index in [2.05, 4.69) is 41.4 Å². The molecule has 3 aromatic carbocycles. The van der Waals surface area contributed by atoms with Gasteiger partial charge in [0.15, 0.2) is 0 Å². The van der Waals surface area contributed by atoms with Crippen molar-refractivity contribution in [2.75, 3.05) is 19.8 Å². The predicted octanol–water partition coefficient (Wildman–Crippen LogP) is 4.50. The van der Waals surface area contributed by atoms with Crippen molar-refractivity contribution in [2.24, 2.45) is 0 Å². The number of ether oxygens (including phenoxy) is 1. The lowest BCUT2D eigenvalue weighted by Gasteiger charge is -2.14. The number of carbonyl (C=O) groups excluding carboxylic acids is 1. The molecule has 0 aromatic heterocycles. The first-order valence-corrected chi connectivity index (χ1v) is 10.5. The van der Waals surface area contributed by atoms with Gasteiger partial charge in [-0.05, 0) is 40.3 Å². The maximum atomic E-state index is 12.2. The first-order chi connectivity index (χ1) is 15.3. The molecule has 0 radical (unpaired) electrons. The molecule has 0 spiro atoms. The molecular formula is C27H25NO3. The fourth-order valence-electron chi connectivity index (χ4n) is 4.01. The van der Waals surface area contributed by atoms with Gasteiger partial charge in [-0.1, -0.05) is 78.6 Å². The molecule has 1 aliphatic rings. The van der Waals surface area contributed by atoms with Crippen LogP contribution in [0.2, 0.25) is 0 Å². The Balaban J connectivity index is 1.29. The van der Waals surface area contributed by atoms with Gasteiger partial charge >= 0.3 is 6.09 Å². The van der Waals surface area contributed by atoms with Gasteiger partial charge in [0.25, 0.3) is 0 Å². The summed E-state index contributed by atoms with van der Waals surface area (Å²) in [7, 11) is 0. The summed E-state index contributed by atoms with van der Waals surface area (Å²) >= 11 is 0. The van der Waals surface area contributed by atoms with E-state index in [4.69, 9.17) is 9.84 Å². The zero-order valence-electron chi connectivity index (χ0n) is 17.3. The van der Waals surface area contributed by atoms with E-state index >= 15 is 0 Å². The summed E-state index contributed by atoms with van der Waals surface area (Å²) in [6.07, 6.45) is 0.685. The van der Waals surface area contributed by atoms with Gasteiger partial charge in [-0.25, -0.2) is 4.79 Å². The van der Waals surface area contributed by atoms with Crippen molar-refractivity contribution in [1.82, 2.24) is 5.32 Å². The summed E-state index contributed by atoms with van der Waals surface area (Å²) in [6, 6.07) is 24.3. The first kappa shape index (κ1) is 20.7. The highest BCUT2D eigenvalue weighted by atomic mass is 16.5. The number of alkyl carbamates (subject to hydrolysis) is 1. The van der Waals surface area contributed by atoms with Crippen molar-refractivity contribution in [3.8, 4) is 23.0 Å². The number of benzene rings is 3. The van der Waals surface area contributed by atoms with Crippen LogP contribution in [0.5, 0.6) is 0 Å². The third kappa shape index (κ3) is 4.79. The van der Waals surface area contributed by atoms with E-state index in [0.29, 0.717) is 26.0 Å². The number of hydrogen-bond acceptors (Lipinski definition) is 3. The number of rotatable bonds is 6. The smallest absolute Gasteiger partial charge is 0.407 e. The highest BCUT2D eigenvalue weighted by Crippen LogP contribution is 2.44. The number of amides is 1. The number of hydrogen-bond donors (Lipinski definition) is 2. The number of nitrogens with one attached hydrogen (secondary N) is 1. The van der Waals surface area contributed by atoms with Gasteiger partial charge < -0.3 is 15.2 Å². The lowest BCUT2D eigenvalue weighted by molar-refractivity contribution is 0.143. The summed E-state index contributed by atoms with van der Waals surface area (Å²) in [6.45, 7) is 0.827. The van der Waals surface area contributed by atoms with Crippen LogP contribution in [-0.2, 0) is 11.2 Å². The van der Waals surface area contributed by atoms with Crippen molar-refractivity contribution in [2.45, 2.75) is 18.8 Å². The van der Waals surface area contributed by atoms with Crippen LogP contribution in [0.3, 0.4) is 0 Å². The zero-order chi connectivity index (χ0) is 21.5. The molecule has 0 atom stereocenters. The van der Waals surface area contributed by atoms with E-state index in [-0.39, 0.29) is 12.5 Å². The lowest BCUT2D eigenvalue weighted by atomic mass is 9.98. The molecule has 4 nitrogen and oxygen atoms in total. The molecule has 0 heterocycles. The van der Waals surface area contributed by atoms with E-state index in [1.807, 2.05) is 48.5 Å². The van der Waals surface area contributed by atoms with Crippen LogP contribution < -0.4 is 5.32 Å². The zero-order valence-corrected chi connectivity index (χ0v) is 17.3. The predicted molar refractivity (Wildman–Crippen MR) is 122 cm³/mol. The minimum Gasteiger partial charge on any atom is -0.449 e. The van der Waals surface area contributed by atoms with Crippen LogP contribution in [0.1, 0.15) is 34.6 Å². The molecular weight excluding hydrogens is 386 g/mol. The maximum Gasteiger partial charge on any atom is 0.407 e. The van der Waals surface area contributed by atoms with E-state index in [1.165, 1.54) is 22.3 Å². The van der Waals surface area contributed by atoms with Crippen molar-refractivity contribution < 1.29 is 14.6 Å². The standard InChI is InChI=1S/C27H25NO3/c29-18-16-21-10-2-1-9-20(21)11-7-8-17-28-27(30)31-19-26-24-14-5-3-12-22(24)23-13-4-6-15-25(23)26/h1-6,9-10,12-15,26,29H,8,16-19H2,(H,28,30). The second kappa shape index (κ2) is 9.97. The SMILES string of the molecule is O=C(NCCC#Cc1ccccc1CCO)OCC1c2ccccc2-c2ccccc21. The Morgan fingerprint density at radius 3 is 2.29 bits per heavy atom. The van der Waals surface area contributed by atoms with Crippen LogP contribution in [0.25, 0.3) is 11.1 Å². The number of aliphatic hydroxyl groups excluding tert-OH is 1. The van der Waals surface area contributed by atoms with Gasteiger partial charge in [-0.3, -0.25) is 0 Å². The quantitative estimate of drug-likeness (QED) is 0.464. The number of fused-ring (bicyclic) bond motifs is 3. The van der Waals surface area contributed by atoms with Crippen LogP contribution in [0, 0.1) is 11.8 Å². The fraction of sp³-hybridized carbons (Fsp3) is 0.222. The second-order valence-corrected chi connectivity index (χ2v) is 7.43. The highest BCUT2D eigenvalue weighted by molar-refractivity contribution is 5.79. The molecule has 156 valence electrons. The monoisotopic (exact) mass is 411 g/mol. The molecule has 4 rings (SSSR count). The number of carbonyl (C=O) groups is 1. The summed E-state index contributed by atoms with van der Waals surface area (Å²) in [5.74, 6) is 6.25. The molecule has 31 heavy (non-hydrogen) atoms. The minimum absolute atomic E-state index is 0.0565. The molecule has 4 heteroatoms. The van der Waals surface area contributed by atoms with Crippen LogP contribution in [0.15, 0.2) is 72.8 Å². The van der Waals surface area contributed by atoms with Crippen LogP contribution >= 0.6 is 0 Å². The van der Waals surface area contributed by atoms with Crippen LogP contribution in [0.4, 0.5) is 4.79 Å². The summed E-state index contributed by atoms with van der Waals surface area (Å²) < 4.78 is 5.53. The molecule has 0 bridgehead atoms. The molecule has 1 aliphatic carbocycles. The molecule has 0 saturated heterocycles. The van der Waals surface area contributed by atoms with Gasteiger partial charge in [0.2, 0.25) is 0 Å². The Kier molecular flexibility index (Phi) is 6.66. The molecule has 3 aromatic rings. The van der Waals surface area contributed by atoms with Crippen molar-refractivity contribution >= 4 is 6.09 Å². The topological polar surface area (TPSA) is 58.6 Å². The number of aliphatic hydroxyl groups is 1. The highest BCUT2D eigenvalue weighted by Gasteiger charge is 2.28. The fourth-order valence-corrected chi connectivity index (χ4v) is 4.01. The van der Waals surface area contributed by atoms with Gasteiger partial charge in [0.1, 0.15) is 6.61 Å². The van der Waals surface area contributed by atoms with Crippen LogP contribution in [-0.4, -0.2) is 31.0 Å². The largest absolute Gasteiger partial charge is 0.449 e. The minimum atomic E-state index is -0.427. The third-order valence-corrected chi connectivity index (χ3v) is 5.48. The normalized spacial score (nSPS) is 11.8. The van der Waals surface area contributed by atoms with Gasteiger partial charge in [0, 0.05) is 31.1 Å². The third-order valence-electron chi connectivity index (χ3n) is 5.48. The summed E-state index contributed by atoms with van der Waals surface area (Å²) in [5, 5.41) is 11.9. The Morgan fingerprint density at radius 1 is 0.935 bits per heavy atom. The van der Waals surface area contributed by atoms with E-state index in [1.54, 1.807) is 0 Å². The molecule has 0 fully saturated rings. The average molecular weight is 412 g/mol. The Morgan fingerprint density at radius 2 is 1.58 bits per heavy atom. The van der Waals surface area contributed by atoms with Crippen molar-refractivity contribution in [3.05, 3.63) is 95.1 Å². The Labute approximate surface area is 182 Å². The molecule has 2 N–H and O–H groups in total. The average Bonchev–Trinajstić information content (AvgIpc) is 3.12. The Bertz CT molecular complexity index is 1080. The van der Waals surface area contributed by atoms with E-state index < -0.39 is 6.09 Å².